The molecule has 0 bridgehead atoms. The van der Waals surface area contributed by atoms with Crippen molar-refractivity contribution in [2.24, 2.45) is 5.92 Å². The Hall–Kier alpha value is -0.595. The first-order chi connectivity index (χ1) is 12.0. The van der Waals surface area contributed by atoms with Crippen LogP contribution in [0.25, 0.3) is 0 Å². The molecule has 0 unspecified atom stereocenters. The van der Waals surface area contributed by atoms with Crippen LogP contribution >= 0.6 is 11.6 Å². The third-order valence-electron chi connectivity index (χ3n) is 5.61. The zero-order valence-corrected chi connectivity index (χ0v) is 17.3. The first-order valence-corrected chi connectivity index (χ1v) is 11.0. The van der Waals surface area contributed by atoms with Gasteiger partial charge in [-0.05, 0) is 64.1 Å². The minimum Gasteiger partial charge on any atom is -0.399 e. The normalized spacial score (nSPS) is 23.3. The van der Waals surface area contributed by atoms with Crippen LogP contribution in [0.3, 0.4) is 0 Å². The van der Waals surface area contributed by atoms with Gasteiger partial charge in [-0.2, -0.15) is 0 Å². The first-order valence-electron chi connectivity index (χ1n) is 8.97. The monoisotopic (exact) mass is 400 g/mol. The maximum Gasteiger partial charge on any atom is 0.494 e. The largest absolute Gasteiger partial charge is 0.494 e. The number of hydrogen-bond acceptors (Lipinski definition) is 5. The molecule has 5 nitrogen and oxygen atoms in total. The van der Waals surface area contributed by atoms with Crippen molar-refractivity contribution in [3.8, 4) is 0 Å². The Bertz CT molecular complexity index is 756. The van der Waals surface area contributed by atoms with E-state index in [1.165, 1.54) is 0 Å². The number of sulfone groups is 1. The van der Waals surface area contributed by atoms with Crippen LogP contribution < -0.4 is 5.46 Å². The van der Waals surface area contributed by atoms with Gasteiger partial charge >= 0.3 is 7.12 Å². The van der Waals surface area contributed by atoms with Gasteiger partial charge in [0.2, 0.25) is 0 Å². The molecular formula is C18H26BClO5S. The molecule has 1 aromatic rings. The lowest BCUT2D eigenvalue weighted by molar-refractivity contribution is 0.00578. The summed E-state index contributed by atoms with van der Waals surface area (Å²) in [6.07, 6.45) is 1.53. The first kappa shape index (κ1) is 20.1. The molecule has 0 spiro atoms. The summed E-state index contributed by atoms with van der Waals surface area (Å²) in [5, 5.41) is 0.212. The van der Waals surface area contributed by atoms with Crippen molar-refractivity contribution in [1.29, 1.82) is 0 Å². The topological polar surface area (TPSA) is 61.8 Å². The van der Waals surface area contributed by atoms with E-state index in [0.29, 0.717) is 13.2 Å². The third-order valence-corrected chi connectivity index (χ3v) is 7.97. The van der Waals surface area contributed by atoms with Crippen LogP contribution in [0.5, 0.6) is 0 Å². The number of rotatable bonds is 4. The van der Waals surface area contributed by atoms with Gasteiger partial charge in [-0.3, -0.25) is 0 Å². The molecule has 144 valence electrons. The van der Waals surface area contributed by atoms with Crippen molar-refractivity contribution in [2.45, 2.75) is 56.6 Å². The summed E-state index contributed by atoms with van der Waals surface area (Å²) in [7, 11) is -4.01. The molecule has 0 aromatic heterocycles. The zero-order valence-electron chi connectivity index (χ0n) is 15.7. The van der Waals surface area contributed by atoms with E-state index in [9.17, 15) is 8.42 Å². The van der Waals surface area contributed by atoms with Crippen LogP contribution in [0, 0.1) is 5.92 Å². The molecule has 3 rings (SSSR count). The average molecular weight is 401 g/mol. The smallest absolute Gasteiger partial charge is 0.399 e. The van der Waals surface area contributed by atoms with Crippen molar-refractivity contribution in [3.63, 3.8) is 0 Å². The van der Waals surface area contributed by atoms with Crippen molar-refractivity contribution in [1.82, 2.24) is 0 Å². The molecule has 2 aliphatic rings. The van der Waals surface area contributed by atoms with E-state index in [-0.39, 0.29) is 21.6 Å². The van der Waals surface area contributed by atoms with Crippen molar-refractivity contribution in [3.05, 3.63) is 23.2 Å². The average Bonchev–Trinajstić information content (AvgIpc) is 2.75. The fraction of sp³-hybridized carbons (Fsp3) is 0.667. The molecule has 2 aliphatic heterocycles. The van der Waals surface area contributed by atoms with Gasteiger partial charge in [0.1, 0.15) is 0 Å². The van der Waals surface area contributed by atoms with E-state index < -0.39 is 28.2 Å². The lowest BCUT2D eigenvalue weighted by atomic mass is 9.79. The van der Waals surface area contributed by atoms with Gasteiger partial charge in [0.05, 0.1) is 26.9 Å². The molecule has 0 N–H and O–H groups in total. The SMILES string of the molecule is CC1(C)OB(c2ccc(S(=O)(=O)CC3CCOCC3)c(Cl)c2)OC1(C)C. The summed E-state index contributed by atoms with van der Waals surface area (Å²) in [4.78, 5) is 0.172. The van der Waals surface area contributed by atoms with Gasteiger partial charge < -0.3 is 14.0 Å². The summed E-state index contributed by atoms with van der Waals surface area (Å²) in [5.41, 5.74) is -0.200. The number of ether oxygens (including phenoxy) is 1. The fourth-order valence-corrected chi connectivity index (χ4v) is 5.51. The molecule has 0 amide bonds. The zero-order chi connectivity index (χ0) is 19.2. The van der Waals surface area contributed by atoms with Gasteiger partial charge in [-0.25, -0.2) is 8.42 Å². The Morgan fingerprint density at radius 1 is 1.12 bits per heavy atom. The molecule has 0 saturated carbocycles. The summed E-state index contributed by atoms with van der Waals surface area (Å²) in [6.45, 7) is 9.13. The van der Waals surface area contributed by atoms with Crippen LogP contribution in [-0.2, 0) is 23.9 Å². The predicted octanol–water partition coefficient (Wildman–Crippen LogP) is 2.84. The Kier molecular flexibility index (Phi) is 5.50. The van der Waals surface area contributed by atoms with E-state index in [0.717, 1.165) is 18.3 Å². The van der Waals surface area contributed by atoms with Gasteiger partial charge in [-0.15, -0.1) is 0 Å². The van der Waals surface area contributed by atoms with Crippen LogP contribution in [0.4, 0.5) is 0 Å². The molecule has 2 fully saturated rings. The molecule has 2 heterocycles. The Morgan fingerprint density at radius 3 is 2.23 bits per heavy atom. The highest BCUT2D eigenvalue weighted by molar-refractivity contribution is 7.91. The second-order valence-electron chi connectivity index (χ2n) is 8.12. The number of hydrogen-bond donors (Lipinski definition) is 0. The molecule has 0 atom stereocenters. The van der Waals surface area contributed by atoms with Crippen LogP contribution in [0.15, 0.2) is 23.1 Å². The fourth-order valence-electron chi connectivity index (χ4n) is 3.21. The highest BCUT2D eigenvalue weighted by Gasteiger charge is 2.51. The molecule has 8 heteroatoms. The molecule has 26 heavy (non-hydrogen) atoms. The minimum atomic E-state index is -3.45. The highest BCUT2D eigenvalue weighted by atomic mass is 35.5. The maximum atomic E-state index is 12.8. The number of benzene rings is 1. The Morgan fingerprint density at radius 2 is 1.69 bits per heavy atom. The van der Waals surface area contributed by atoms with E-state index in [2.05, 4.69) is 0 Å². The van der Waals surface area contributed by atoms with E-state index in [1.807, 2.05) is 27.7 Å². The molecule has 2 saturated heterocycles. The Labute approximate surface area is 161 Å². The number of halogens is 1. The van der Waals surface area contributed by atoms with Gasteiger partial charge in [0.25, 0.3) is 0 Å². The van der Waals surface area contributed by atoms with E-state index in [1.54, 1.807) is 18.2 Å². The molecular weight excluding hydrogens is 375 g/mol. The highest BCUT2D eigenvalue weighted by Crippen LogP contribution is 2.37. The van der Waals surface area contributed by atoms with Gasteiger partial charge in [0, 0.05) is 13.2 Å². The van der Waals surface area contributed by atoms with E-state index in [4.69, 9.17) is 25.6 Å². The molecule has 1 aromatic carbocycles. The van der Waals surface area contributed by atoms with Crippen LogP contribution in [0.1, 0.15) is 40.5 Å². The second-order valence-corrected chi connectivity index (χ2v) is 10.5. The lowest BCUT2D eigenvalue weighted by Crippen LogP contribution is -2.41. The molecule has 0 aliphatic carbocycles. The predicted molar refractivity (Wildman–Crippen MR) is 103 cm³/mol. The van der Waals surface area contributed by atoms with E-state index >= 15 is 0 Å². The van der Waals surface area contributed by atoms with Gasteiger partial charge in [-0.1, -0.05) is 17.7 Å². The second kappa shape index (κ2) is 7.10. The lowest BCUT2D eigenvalue weighted by Gasteiger charge is -2.32. The van der Waals surface area contributed by atoms with Gasteiger partial charge in [0.15, 0.2) is 9.84 Å². The van der Waals surface area contributed by atoms with Crippen molar-refractivity contribution < 1.29 is 22.5 Å². The van der Waals surface area contributed by atoms with Crippen molar-refractivity contribution in [2.75, 3.05) is 19.0 Å². The van der Waals surface area contributed by atoms with Crippen molar-refractivity contribution >= 4 is 34.0 Å². The summed E-state index contributed by atoms with van der Waals surface area (Å²) < 4.78 is 42.9. The third kappa shape index (κ3) is 3.97. The maximum absolute atomic E-state index is 12.8. The van der Waals surface area contributed by atoms with Crippen LogP contribution in [0.2, 0.25) is 5.02 Å². The van der Waals surface area contributed by atoms with Crippen LogP contribution in [-0.4, -0.2) is 45.7 Å². The standard InChI is InChI=1S/C18H26BClO5S/c1-17(2)18(3,4)25-19(24-17)14-5-6-16(15(20)11-14)26(21,22)12-13-7-9-23-10-8-13/h5-6,11,13H,7-10,12H2,1-4H3. The molecule has 0 radical (unpaired) electrons. The quantitative estimate of drug-likeness (QED) is 0.727. The minimum absolute atomic E-state index is 0.103. The summed E-state index contributed by atoms with van der Waals surface area (Å²) >= 11 is 6.34. The Balaban J connectivity index is 1.79. The summed E-state index contributed by atoms with van der Waals surface area (Å²) in [5.74, 6) is 0.221. The summed E-state index contributed by atoms with van der Waals surface area (Å²) in [6, 6.07) is 4.93.